The van der Waals surface area contributed by atoms with E-state index in [-0.39, 0.29) is 0 Å². The van der Waals surface area contributed by atoms with Crippen molar-refractivity contribution in [2.24, 2.45) is 0 Å². The molecule has 9 heteroatoms. The van der Waals surface area contributed by atoms with Gasteiger partial charge in [0.2, 0.25) is 0 Å². The summed E-state index contributed by atoms with van der Waals surface area (Å²) in [5.74, 6) is 0. The van der Waals surface area contributed by atoms with Gasteiger partial charge in [-0.2, -0.15) is 0 Å². The van der Waals surface area contributed by atoms with Crippen LogP contribution in [-0.4, -0.2) is 46.8 Å². The molecule has 0 fully saturated rings. The Morgan fingerprint density at radius 2 is 1.00 bits per heavy atom. The van der Waals surface area contributed by atoms with Crippen molar-refractivity contribution in [3.05, 3.63) is 0 Å². The Labute approximate surface area is 77.7 Å². The van der Waals surface area contributed by atoms with Crippen LogP contribution in [0.25, 0.3) is 0 Å². The van der Waals surface area contributed by atoms with Gasteiger partial charge in [0.25, 0.3) is 0 Å². The Morgan fingerprint density at radius 1 is 1.00 bits per heavy atom. The average molecular weight is 214 g/mol. The van der Waals surface area contributed by atoms with Gasteiger partial charge in [0.05, 0.1) is 0 Å². The average Bonchev–Trinajstić information content (AvgIpc) is 1.72. The molecule has 0 unspecified atom stereocenters. The molecule has 0 aromatic heterocycles. The van der Waals surface area contributed by atoms with Gasteiger partial charge >= 0.3 is 50.3 Å². The zero-order valence-electron chi connectivity index (χ0n) is 4.01. The summed E-state index contributed by atoms with van der Waals surface area (Å²) in [5.41, 5.74) is 0. The SMILES string of the molecule is O=S(=O)([O-])[O-].[Al+]=[S].[Al+]=[S]. The Hall–Kier alpha value is 1.37. The van der Waals surface area contributed by atoms with Crippen LogP contribution in [0.4, 0.5) is 0 Å². The van der Waals surface area contributed by atoms with Crippen molar-refractivity contribution in [3.8, 4) is 0 Å². The van der Waals surface area contributed by atoms with Gasteiger partial charge in [0.15, 0.2) is 0 Å². The molecule has 0 saturated heterocycles. The fraction of sp³-hybridized carbons (Fsp3) is 0. The second kappa shape index (κ2) is 12.1. The first-order valence-corrected chi connectivity index (χ1v) is 6.24. The fourth-order valence-electron chi connectivity index (χ4n) is 0. The zero-order valence-corrected chi connectivity index (χ0v) is 8.77. The van der Waals surface area contributed by atoms with Gasteiger partial charge < -0.3 is 9.11 Å². The van der Waals surface area contributed by atoms with Crippen LogP contribution in [0.2, 0.25) is 0 Å². The van der Waals surface area contributed by atoms with Crippen molar-refractivity contribution in [1.29, 1.82) is 0 Å². The first kappa shape index (κ1) is 16.8. The molecule has 48 valence electrons. The standard InChI is InChI=1S/2Al.H2O4S.2S/c;;1-5(2,3)4;;/h;;(H2,1,2,3,4);;/q2*+1;;;/p-2. The van der Waals surface area contributed by atoms with E-state index in [1.165, 1.54) is 0 Å². The molecule has 0 atom stereocenters. The van der Waals surface area contributed by atoms with Crippen LogP contribution < -0.4 is 0 Å². The molecule has 0 saturated carbocycles. The second-order valence-electron chi connectivity index (χ2n) is 0.408. The summed E-state index contributed by atoms with van der Waals surface area (Å²) in [7, 11) is 2.83. The molecule has 0 aromatic carbocycles. The summed E-state index contributed by atoms with van der Waals surface area (Å²) in [4.78, 5) is 0. The molecule has 0 rings (SSSR count). The van der Waals surface area contributed by atoms with Crippen molar-refractivity contribution in [2.45, 2.75) is 0 Å². The van der Waals surface area contributed by atoms with E-state index < -0.39 is 10.4 Å². The molecule has 0 radical (unpaired) electrons. The van der Waals surface area contributed by atoms with Crippen molar-refractivity contribution in [3.63, 3.8) is 0 Å². The van der Waals surface area contributed by atoms with Gasteiger partial charge in [0, 0.05) is 10.4 Å². The minimum absolute atomic E-state index is 2.00. The first-order valence-electron chi connectivity index (χ1n) is 1.14. The van der Waals surface area contributed by atoms with Crippen molar-refractivity contribution >= 4 is 60.7 Å². The molecule has 0 aliphatic carbocycles. The molecule has 0 N–H and O–H groups in total. The van der Waals surface area contributed by atoms with Crippen LogP contribution in [0.5, 0.6) is 0 Å². The van der Waals surface area contributed by atoms with Crippen LogP contribution in [0.1, 0.15) is 0 Å². The van der Waals surface area contributed by atoms with E-state index in [1.807, 2.05) is 29.3 Å². The molecule has 0 amide bonds. The molecule has 4 nitrogen and oxygen atoms in total. The van der Waals surface area contributed by atoms with Gasteiger partial charge in [-0.3, -0.25) is 8.42 Å². The van der Waals surface area contributed by atoms with Crippen LogP contribution >= 0.6 is 21.0 Å². The molecule has 0 heterocycles. The van der Waals surface area contributed by atoms with E-state index in [0.29, 0.717) is 0 Å². The zero-order chi connectivity index (χ0) is 8.50. The molecular formula is Al2O4S3. The Balaban J connectivity index is -0.0000000771. The molecule has 0 aliphatic heterocycles. The number of hydrogen-bond acceptors (Lipinski definition) is 6. The minimum atomic E-state index is -5.17. The Kier molecular flexibility index (Phi) is 22.5. The molecule has 0 spiro atoms. The summed E-state index contributed by atoms with van der Waals surface area (Å²) in [6.07, 6.45) is 0. The van der Waals surface area contributed by atoms with E-state index in [0.717, 1.165) is 0 Å². The molecule has 0 aromatic rings. The third kappa shape index (κ3) is 270. The Bertz CT molecular complexity index is 117. The summed E-state index contributed by atoms with van der Waals surface area (Å²) >= 11 is 4.00. The van der Waals surface area contributed by atoms with E-state index in [9.17, 15) is 0 Å². The predicted molar refractivity (Wildman–Crippen MR) is 37.2 cm³/mol. The maximum atomic E-state index is 8.52. The predicted octanol–water partition coefficient (Wildman–Crippen LogP) is -0.803. The second-order valence-corrected chi connectivity index (χ2v) is 1.22. The monoisotopic (exact) mass is 214 g/mol. The molecule has 0 bridgehead atoms. The quantitative estimate of drug-likeness (QED) is 0.298. The van der Waals surface area contributed by atoms with Crippen LogP contribution in [0.15, 0.2) is 0 Å². The summed E-state index contributed by atoms with van der Waals surface area (Å²) in [6.45, 7) is 0. The van der Waals surface area contributed by atoms with Crippen molar-refractivity contribution in [1.82, 2.24) is 0 Å². The Morgan fingerprint density at radius 3 is 1.00 bits per heavy atom. The normalized spacial score (nSPS) is 7.78. The summed E-state index contributed by atoms with van der Waals surface area (Å²) in [6, 6.07) is 0. The van der Waals surface area contributed by atoms with Crippen molar-refractivity contribution in [2.75, 3.05) is 0 Å². The number of hydrogen-bond donors (Lipinski definition) is 0. The van der Waals surface area contributed by atoms with Gasteiger partial charge in [-0.05, 0) is 0 Å². The van der Waals surface area contributed by atoms with E-state index in [1.54, 1.807) is 0 Å². The number of rotatable bonds is 0. The van der Waals surface area contributed by atoms with Crippen LogP contribution in [-0.2, 0) is 10.4 Å². The van der Waals surface area contributed by atoms with Crippen LogP contribution in [0, 0.1) is 0 Å². The third-order valence-corrected chi connectivity index (χ3v) is 0. The van der Waals surface area contributed by atoms with E-state index >= 15 is 0 Å². The summed E-state index contributed by atoms with van der Waals surface area (Å²) < 4.78 is 34.1. The molecule has 9 heavy (non-hydrogen) atoms. The topological polar surface area (TPSA) is 80.3 Å². The van der Waals surface area contributed by atoms with Gasteiger partial charge in [-0.15, -0.1) is 0 Å². The molecule has 0 aliphatic rings. The van der Waals surface area contributed by atoms with Gasteiger partial charge in [-0.1, -0.05) is 0 Å². The van der Waals surface area contributed by atoms with Gasteiger partial charge in [-0.25, -0.2) is 0 Å². The maximum absolute atomic E-state index is 8.52. The van der Waals surface area contributed by atoms with Crippen LogP contribution in [0.3, 0.4) is 0 Å². The summed E-state index contributed by atoms with van der Waals surface area (Å²) in [5, 5.41) is 0. The fourth-order valence-corrected chi connectivity index (χ4v) is 0. The van der Waals surface area contributed by atoms with Gasteiger partial charge in [0.1, 0.15) is 0 Å². The van der Waals surface area contributed by atoms with Crippen molar-refractivity contribution < 1.29 is 17.5 Å². The van der Waals surface area contributed by atoms with E-state index in [2.05, 4.69) is 21.0 Å². The first-order chi connectivity index (χ1) is 4.00. The third-order valence-electron chi connectivity index (χ3n) is 0. The van der Waals surface area contributed by atoms with E-state index in [4.69, 9.17) is 17.5 Å². The molecular weight excluding hydrogens is 214 g/mol.